The van der Waals surface area contributed by atoms with E-state index in [2.05, 4.69) is 19.8 Å². The number of para-hydroxylation sites is 4. The van der Waals surface area contributed by atoms with Gasteiger partial charge in [-0.2, -0.15) is 26.3 Å². The molecular weight excluding hydrogens is 883 g/mol. The number of carboxylic acids is 2. The van der Waals surface area contributed by atoms with Crippen LogP contribution in [-0.2, 0) is 35.0 Å². The van der Waals surface area contributed by atoms with Crippen molar-refractivity contribution in [3.8, 4) is 0 Å². The molecule has 2 saturated heterocycles. The van der Waals surface area contributed by atoms with E-state index < -0.39 is 47.6 Å². The van der Waals surface area contributed by atoms with Crippen LogP contribution in [0.25, 0.3) is 22.1 Å². The van der Waals surface area contributed by atoms with E-state index >= 15 is 0 Å². The number of aromatic amines is 2. The standard InChI is InChI=1S/2C20H21F3N4O.C4H6O6/c2*21-20(22,23)15-4-3-5-16(14-15)26-11-8-25(9-12-26)10-13-27-18-7-2-1-6-17(18)24-19(27)28;5-1(3(7)8)2(6)4(9)10/h2*1-7,14H,8-13H2,(H,24,28);1-2,5-6H,(H,7,8)(H,9,10). The number of benzene rings is 4. The molecule has 2 fully saturated rings. The molecule has 0 spiro atoms. The fourth-order valence-corrected chi connectivity index (χ4v) is 7.63. The fourth-order valence-electron chi connectivity index (χ4n) is 7.63. The van der Waals surface area contributed by atoms with Crippen LogP contribution in [0.15, 0.2) is 107 Å². The van der Waals surface area contributed by atoms with Crippen LogP contribution in [0.3, 0.4) is 0 Å². The van der Waals surface area contributed by atoms with Gasteiger partial charge < -0.3 is 40.2 Å². The Morgan fingerprint density at radius 1 is 0.515 bits per heavy atom. The zero-order valence-corrected chi connectivity index (χ0v) is 35.3. The number of carboxylic acid groups (broad SMARTS) is 2. The van der Waals surface area contributed by atoms with Crippen molar-refractivity contribution in [2.45, 2.75) is 37.7 Å². The molecule has 2 aliphatic heterocycles. The Morgan fingerprint density at radius 2 is 0.864 bits per heavy atom. The molecule has 0 amide bonds. The molecule has 0 saturated carbocycles. The minimum Gasteiger partial charge on any atom is -0.479 e. The van der Waals surface area contributed by atoms with Gasteiger partial charge in [-0.05, 0) is 60.7 Å². The van der Waals surface area contributed by atoms with Crippen LogP contribution >= 0.6 is 0 Å². The smallest absolute Gasteiger partial charge is 0.416 e. The minimum atomic E-state index is -4.33. The maximum atomic E-state index is 12.9. The number of H-pyrrole nitrogens is 2. The summed E-state index contributed by atoms with van der Waals surface area (Å²) in [5.41, 5.74) is 3.13. The molecule has 0 aliphatic carbocycles. The van der Waals surface area contributed by atoms with Crippen LogP contribution in [0.5, 0.6) is 0 Å². The van der Waals surface area contributed by atoms with Gasteiger partial charge >= 0.3 is 35.7 Å². The maximum absolute atomic E-state index is 12.9. The van der Waals surface area contributed by atoms with Crippen molar-refractivity contribution in [1.29, 1.82) is 0 Å². The summed E-state index contributed by atoms with van der Waals surface area (Å²) in [5.74, 6) is -3.54. The zero-order valence-electron chi connectivity index (χ0n) is 35.3. The summed E-state index contributed by atoms with van der Waals surface area (Å²) in [5, 5.41) is 32.5. The molecule has 0 bridgehead atoms. The van der Waals surface area contributed by atoms with Crippen LogP contribution in [-0.4, -0.2) is 139 Å². The summed E-state index contributed by atoms with van der Waals surface area (Å²) in [6.45, 7) is 8.19. The maximum Gasteiger partial charge on any atom is 0.416 e. The van der Waals surface area contributed by atoms with Crippen LogP contribution in [0.4, 0.5) is 37.7 Å². The van der Waals surface area contributed by atoms with E-state index in [1.165, 1.54) is 24.3 Å². The van der Waals surface area contributed by atoms with Crippen molar-refractivity contribution in [1.82, 2.24) is 28.9 Å². The van der Waals surface area contributed by atoms with Gasteiger partial charge in [-0.1, -0.05) is 36.4 Å². The van der Waals surface area contributed by atoms with E-state index in [9.17, 15) is 45.5 Å². The lowest BCUT2D eigenvalue weighted by molar-refractivity contribution is -0.165. The van der Waals surface area contributed by atoms with Crippen molar-refractivity contribution in [3.05, 3.63) is 129 Å². The Hall–Kier alpha value is -6.62. The largest absolute Gasteiger partial charge is 0.479 e. The SMILES string of the molecule is O=C(O)C(O)C(O)C(=O)O.O=c1[nH]c2ccccc2n1CCN1CCN(c2cccc(C(F)(F)F)c2)CC1.O=c1[nH]c2ccccc2n1CCN1CCN(c2cccc(C(F)(F)F)c2)CC1. The van der Waals surface area contributed by atoms with Crippen molar-refractivity contribution in [3.63, 3.8) is 0 Å². The lowest BCUT2D eigenvalue weighted by atomic mass is 10.1. The number of nitrogens with one attached hydrogen (secondary N) is 2. The highest BCUT2D eigenvalue weighted by Crippen LogP contribution is 2.33. The van der Waals surface area contributed by atoms with Gasteiger partial charge in [0.15, 0.2) is 12.2 Å². The molecule has 66 heavy (non-hydrogen) atoms. The van der Waals surface area contributed by atoms with Gasteiger partial charge in [0.25, 0.3) is 0 Å². The highest BCUT2D eigenvalue weighted by atomic mass is 19.4. The summed E-state index contributed by atoms with van der Waals surface area (Å²) in [7, 11) is 0. The molecule has 16 nitrogen and oxygen atoms in total. The van der Waals surface area contributed by atoms with Crippen LogP contribution in [0.2, 0.25) is 0 Å². The second kappa shape index (κ2) is 21.1. The molecule has 2 aliphatic rings. The van der Waals surface area contributed by atoms with Gasteiger partial charge in [0.2, 0.25) is 0 Å². The molecule has 2 unspecified atom stereocenters. The summed E-state index contributed by atoms with van der Waals surface area (Å²) in [6, 6.07) is 26.1. The number of carbonyl (C=O) groups is 2. The van der Waals surface area contributed by atoms with Crippen molar-refractivity contribution in [2.75, 3.05) is 75.2 Å². The summed E-state index contributed by atoms with van der Waals surface area (Å²) >= 11 is 0. The molecule has 6 N–H and O–H groups in total. The number of piperazine rings is 2. The highest BCUT2D eigenvalue weighted by Gasteiger charge is 2.33. The quantitative estimate of drug-likeness (QED) is 0.101. The van der Waals surface area contributed by atoms with Gasteiger partial charge in [-0.15, -0.1) is 0 Å². The average molecular weight is 931 g/mol. The van der Waals surface area contributed by atoms with E-state index in [1.807, 2.05) is 58.3 Å². The zero-order chi connectivity index (χ0) is 47.8. The van der Waals surface area contributed by atoms with Crippen molar-refractivity contribution >= 4 is 45.4 Å². The van der Waals surface area contributed by atoms with Crippen molar-refractivity contribution < 1.29 is 56.4 Å². The molecule has 354 valence electrons. The second-order valence-electron chi connectivity index (χ2n) is 15.5. The third-order valence-corrected chi connectivity index (χ3v) is 11.3. The Bertz CT molecular complexity index is 2520. The van der Waals surface area contributed by atoms with Gasteiger partial charge in [-0.3, -0.25) is 18.9 Å². The molecule has 4 aromatic carbocycles. The van der Waals surface area contributed by atoms with Crippen LogP contribution < -0.4 is 21.2 Å². The number of fused-ring (bicyclic) bond motifs is 2. The molecule has 2 aromatic heterocycles. The van der Waals surface area contributed by atoms with Gasteiger partial charge in [0.1, 0.15) is 0 Å². The van der Waals surface area contributed by atoms with E-state index in [1.54, 1.807) is 21.3 Å². The first-order chi connectivity index (χ1) is 31.3. The number of imidazole rings is 2. The second-order valence-corrected chi connectivity index (χ2v) is 15.5. The third-order valence-electron chi connectivity index (χ3n) is 11.3. The van der Waals surface area contributed by atoms with Gasteiger partial charge in [-0.25, -0.2) is 19.2 Å². The number of aliphatic hydroxyl groups is 2. The molecule has 6 aromatic rings. The van der Waals surface area contributed by atoms with E-state index in [4.69, 9.17) is 20.4 Å². The number of rotatable bonds is 11. The van der Waals surface area contributed by atoms with E-state index in [0.29, 0.717) is 50.6 Å². The number of hydrogen-bond donors (Lipinski definition) is 6. The van der Waals surface area contributed by atoms with Crippen LogP contribution in [0, 0.1) is 0 Å². The number of anilines is 2. The van der Waals surface area contributed by atoms with Gasteiger partial charge in [0, 0.05) is 89.9 Å². The number of aliphatic hydroxyl groups excluding tert-OH is 2. The predicted molar refractivity (Wildman–Crippen MR) is 233 cm³/mol. The third kappa shape index (κ3) is 12.4. The fraction of sp³-hybridized carbons (Fsp3) is 0.364. The molecular formula is C44H48F6N8O8. The minimum absolute atomic E-state index is 0.121. The predicted octanol–water partition coefficient (Wildman–Crippen LogP) is 4.22. The number of aliphatic carboxylic acids is 2. The first kappa shape index (κ1) is 48.8. The number of nitrogens with zero attached hydrogens (tertiary/aromatic N) is 6. The van der Waals surface area contributed by atoms with Crippen LogP contribution in [0.1, 0.15) is 11.1 Å². The highest BCUT2D eigenvalue weighted by molar-refractivity contribution is 5.83. The average Bonchev–Trinajstić information content (AvgIpc) is 3.80. The van der Waals surface area contributed by atoms with Gasteiger partial charge in [0.05, 0.1) is 33.2 Å². The molecule has 4 heterocycles. The topological polar surface area (TPSA) is 204 Å². The molecule has 2 atom stereocenters. The number of halogens is 6. The first-order valence-electron chi connectivity index (χ1n) is 20.8. The molecule has 8 rings (SSSR count). The van der Waals surface area contributed by atoms with E-state index in [0.717, 1.165) is 73.5 Å². The number of alkyl halides is 6. The Balaban J connectivity index is 0.000000182. The Labute approximate surface area is 372 Å². The lowest BCUT2D eigenvalue weighted by Crippen LogP contribution is -2.47. The summed E-state index contributed by atoms with van der Waals surface area (Å²) in [4.78, 5) is 58.0. The number of aromatic nitrogens is 4. The molecule has 22 heteroatoms. The summed E-state index contributed by atoms with van der Waals surface area (Å²) < 4.78 is 81.0. The molecule has 0 radical (unpaired) electrons. The normalized spacial score (nSPS) is 16.0. The number of hydrogen-bond acceptors (Lipinski definition) is 10. The Morgan fingerprint density at radius 3 is 1.20 bits per heavy atom. The first-order valence-corrected chi connectivity index (χ1v) is 20.8. The van der Waals surface area contributed by atoms with E-state index in [-0.39, 0.29) is 11.4 Å². The monoisotopic (exact) mass is 930 g/mol. The lowest BCUT2D eigenvalue weighted by Gasteiger charge is -2.36. The van der Waals surface area contributed by atoms with Crippen molar-refractivity contribution in [2.24, 2.45) is 0 Å². The Kier molecular flexibility index (Phi) is 15.6. The summed E-state index contributed by atoms with van der Waals surface area (Å²) in [6.07, 6.45) is -13.2.